The Morgan fingerprint density at radius 1 is 1.41 bits per heavy atom. The number of carbonyl (C=O) groups excluding carboxylic acids is 1. The molecule has 0 radical (unpaired) electrons. The number of halogens is 2. The molecule has 7 heteroatoms. The molecule has 1 heterocycles. The molecule has 0 atom stereocenters. The summed E-state index contributed by atoms with van der Waals surface area (Å²) < 4.78 is 22.6. The van der Waals surface area contributed by atoms with Gasteiger partial charge in [-0.1, -0.05) is 11.6 Å². The fourth-order valence-electron chi connectivity index (χ4n) is 1.90. The minimum atomic E-state index is -3.90. The Morgan fingerprint density at radius 2 is 2.06 bits per heavy atom. The summed E-state index contributed by atoms with van der Waals surface area (Å²) in [6.07, 6.45) is 0.664. The van der Waals surface area contributed by atoms with Gasteiger partial charge in [-0.05, 0) is 24.1 Å². The molecular weight excluding hydrogens is 285 g/mol. The Kier molecular flexibility index (Phi) is 3.10. The van der Waals surface area contributed by atoms with E-state index in [-0.39, 0.29) is 15.8 Å². The van der Waals surface area contributed by atoms with E-state index >= 15 is 0 Å². The highest BCUT2D eigenvalue weighted by atomic mass is 35.7. The smallest absolute Gasteiger partial charge is 0.262 e. The van der Waals surface area contributed by atoms with E-state index in [2.05, 4.69) is 0 Å². The van der Waals surface area contributed by atoms with Crippen LogP contribution < -0.4 is 4.90 Å². The first kappa shape index (κ1) is 12.7. The fraction of sp³-hybridized carbons (Fsp3) is 0.300. The average Bonchev–Trinajstić information content (AvgIpc) is 2.57. The van der Waals surface area contributed by atoms with Crippen LogP contribution in [0.1, 0.15) is 12.5 Å². The van der Waals surface area contributed by atoms with Crippen molar-refractivity contribution in [1.82, 2.24) is 0 Å². The van der Waals surface area contributed by atoms with Crippen LogP contribution >= 0.6 is 22.3 Å². The number of hydrogen-bond acceptors (Lipinski definition) is 3. The normalized spacial score (nSPS) is 14.9. The number of nitrogens with zero attached hydrogens (tertiary/aromatic N) is 1. The van der Waals surface area contributed by atoms with E-state index < -0.39 is 9.05 Å². The van der Waals surface area contributed by atoms with E-state index in [1.807, 2.05) is 0 Å². The first-order valence-electron chi connectivity index (χ1n) is 4.86. The maximum atomic E-state index is 11.4. The van der Waals surface area contributed by atoms with Gasteiger partial charge in [-0.25, -0.2) is 8.42 Å². The molecule has 0 unspecified atom stereocenters. The third-order valence-electron chi connectivity index (χ3n) is 2.67. The molecule has 1 aliphatic heterocycles. The summed E-state index contributed by atoms with van der Waals surface area (Å²) in [7, 11) is 1.38. The maximum absolute atomic E-state index is 11.4. The highest BCUT2D eigenvalue weighted by Crippen LogP contribution is 2.36. The highest BCUT2D eigenvalue weighted by molar-refractivity contribution is 8.13. The lowest BCUT2D eigenvalue weighted by molar-refractivity contribution is -0.116. The van der Waals surface area contributed by atoms with Crippen LogP contribution in [0.3, 0.4) is 0 Å². The zero-order chi connectivity index (χ0) is 12.8. The van der Waals surface area contributed by atoms with Crippen LogP contribution in [0, 0.1) is 0 Å². The quantitative estimate of drug-likeness (QED) is 0.746. The molecule has 2 rings (SSSR count). The van der Waals surface area contributed by atoms with E-state index in [0.29, 0.717) is 18.7 Å². The summed E-state index contributed by atoms with van der Waals surface area (Å²) in [4.78, 5) is 12.7. The Morgan fingerprint density at radius 3 is 2.59 bits per heavy atom. The number of rotatable bonds is 1. The van der Waals surface area contributed by atoms with Crippen molar-refractivity contribution in [3.8, 4) is 0 Å². The van der Waals surface area contributed by atoms with Crippen molar-refractivity contribution in [2.45, 2.75) is 18.2 Å². The minimum Gasteiger partial charge on any atom is -0.312 e. The van der Waals surface area contributed by atoms with Gasteiger partial charge >= 0.3 is 0 Å². The molecule has 4 nitrogen and oxygen atoms in total. The minimum absolute atomic E-state index is 0.0872. The number of hydrogen-bond donors (Lipinski definition) is 0. The Balaban J connectivity index is 2.63. The van der Waals surface area contributed by atoms with E-state index in [9.17, 15) is 13.2 Å². The van der Waals surface area contributed by atoms with Gasteiger partial charge in [0.1, 0.15) is 4.90 Å². The predicted molar refractivity (Wildman–Crippen MR) is 66.2 cm³/mol. The molecule has 0 N–H and O–H groups in total. The molecule has 0 aliphatic carbocycles. The number of anilines is 1. The largest absolute Gasteiger partial charge is 0.312 e. The third-order valence-corrected chi connectivity index (χ3v) is 4.46. The monoisotopic (exact) mass is 293 g/mol. The second-order valence-corrected chi connectivity index (χ2v) is 6.71. The van der Waals surface area contributed by atoms with Crippen molar-refractivity contribution in [2.75, 3.05) is 11.4 Å². The zero-order valence-electron chi connectivity index (χ0n) is 8.91. The lowest BCUT2D eigenvalue weighted by Crippen LogP contribution is -2.25. The van der Waals surface area contributed by atoms with Gasteiger partial charge in [0.05, 0.1) is 5.02 Å². The Labute approximate surface area is 109 Å². The van der Waals surface area contributed by atoms with Gasteiger partial charge in [0.15, 0.2) is 0 Å². The van der Waals surface area contributed by atoms with Crippen LogP contribution in [0.15, 0.2) is 17.0 Å². The van der Waals surface area contributed by atoms with Crippen LogP contribution in [-0.2, 0) is 20.3 Å². The molecule has 17 heavy (non-hydrogen) atoms. The van der Waals surface area contributed by atoms with Crippen LogP contribution in [-0.4, -0.2) is 20.9 Å². The summed E-state index contributed by atoms with van der Waals surface area (Å²) in [6.45, 7) is 1.96. The summed E-state index contributed by atoms with van der Waals surface area (Å²) in [5.74, 6) is -0.135. The van der Waals surface area contributed by atoms with E-state index in [4.69, 9.17) is 22.3 Å². The van der Waals surface area contributed by atoms with Crippen molar-refractivity contribution in [3.05, 3.63) is 22.7 Å². The second-order valence-electron chi connectivity index (χ2n) is 3.77. The molecule has 1 aromatic rings. The second kappa shape index (κ2) is 4.15. The van der Waals surface area contributed by atoms with Crippen LogP contribution in [0.4, 0.5) is 5.69 Å². The van der Waals surface area contributed by atoms with Crippen molar-refractivity contribution < 1.29 is 13.2 Å². The van der Waals surface area contributed by atoms with Crippen LogP contribution in [0.2, 0.25) is 5.02 Å². The molecule has 1 amide bonds. The maximum Gasteiger partial charge on any atom is 0.262 e. The topological polar surface area (TPSA) is 54.5 Å². The third kappa shape index (κ3) is 2.27. The first-order chi connectivity index (χ1) is 7.80. The molecule has 0 spiro atoms. The van der Waals surface area contributed by atoms with Gasteiger partial charge in [-0.15, -0.1) is 0 Å². The van der Waals surface area contributed by atoms with E-state index in [1.165, 1.54) is 17.9 Å². The molecule has 0 aromatic heterocycles. The molecule has 0 saturated heterocycles. The molecule has 1 aromatic carbocycles. The number of carbonyl (C=O) groups is 1. The van der Waals surface area contributed by atoms with Gasteiger partial charge < -0.3 is 4.90 Å². The first-order valence-corrected chi connectivity index (χ1v) is 7.54. The molecule has 92 valence electrons. The molecule has 1 aliphatic rings. The standard InChI is InChI=1S/C10H9Cl2NO3S/c1-6(14)13-3-2-7-4-8(11)10(5-9(7)13)17(12,15)16/h4-5H,2-3H2,1H3. The summed E-state index contributed by atoms with van der Waals surface area (Å²) >= 11 is 5.85. The highest BCUT2D eigenvalue weighted by Gasteiger charge is 2.26. The Hall–Kier alpha value is -0.780. The van der Waals surface area contributed by atoms with Crippen molar-refractivity contribution in [3.63, 3.8) is 0 Å². The molecule has 0 saturated carbocycles. The lowest BCUT2D eigenvalue weighted by Gasteiger charge is -2.15. The lowest BCUT2D eigenvalue weighted by atomic mass is 10.2. The molecule has 0 bridgehead atoms. The number of fused-ring (bicyclic) bond motifs is 1. The van der Waals surface area contributed by atoms with Gasteiger partial charge in [0.2, 0.25) is 5.91 Å². The van der Waals surface area contributed by atoms with Gasteiger partial charge in [0.25, 0.3) is 9.05 Å². The van der Waals surface area contributed by atoms with Crippen LogP contribution in [0.25, 0.3) is 0 Å². The Bertz CT molecular complexity index is 598. The molecular formula is C10H9Cl2NO3S. The van der Waals surface area contributed by atoms with Gasteiger partial charge in [-0.2, -0.15) is 0 Å². The van der Waals surface area contributed by atoms with Gasteiger partial charge in [-0.3, -0.25) is 4.79 Å². The van der Waals surface area contributed by atoms with Crippen LogP contribution in [0.5, 0.6) is 0 Å². The number of benzene rings is 1. The van der Waals surface area contributed by atoms with Crippen molar-refractivity contribution in [2.24, 2.45) is 0 Å². The van der Waals surface area contributed by atoms with E-state index in [1.54, 1.807) is 6.07 Å². The average molecular weight is 294 g/mol. The predicted octanol–water partition coefficient (Wildman–Crippen LogP) is 2.18. The van der Waals surface area contributed by atoms with Crippen molar-refractivity contribution in [1.29, 1.82) is 0 Å². The van der Waals surface area contributed by atoms with Gasteiger partial charge in [0, 0.05) is 29.8 Å². The fourth-order valence-corrected chi connectivity index (χ4v) is 3.44. The summed E-state index contributed by atoms with van der Waals surface area (Å²) in [5.41, 5.74) is 1.43. The zero-order valence-corrected chi connectivity index (χ0v) is 11.2. The summed E-state index contributed by atoms with van der Waals surface area (Å²) in [6, 6.07) is 2.91. The molecule has 0 fully saturated rings. The van der Waals surface area contributed by atoms with Crippen molar-refractivity contribution >= 4 is 42.9 Å². The van der Waals surface area contributed by atoms with E-state index in [0.717, 1.165) is 5.56 Å². The SMILES string of the molecule is CC(=O)N1CCc2cc(Cl)c(S(=O)(=O)Cl)cc21. The summed E-state index contributed by atoms with van der Waals surface area (Å²) in [5, 5.41) is 0.0872. The number of amides is 1.